The van der Waals surface area contributed by atoms with Gasteiger partial charge in [0.25, 0.3) is 0 Å². The highest BCUT2D eigenvalue weighted by atomic mass is 16.1. The molecule has 2 rings (SSSR count). The summed E-state index contributed by atoms with van der Waals surface area (Å²) in [5.74, 6) is 0.622. The van der Waals surface area contributed by atoms with Gasteiger partial charge in [-0.1, -0.05) is 6.92 Å². The lowest BCUT2D eigenvalue weighted by Gasteiger charge is -2.12. The van der Waals surface area contributed by atoms with E-state index in [4.69, 9.17) is 5.73 Å². The number of carbonyl (C=O) groups excluding carboxylic acids is 1. The summed E-state index contributed by atoms with van der Waals surface area (Å²) in [6.07, 6.45) is 5.87. The number of aromatic nitrogens is 5. The topological polar surface area (TPSA) is 124 Å². The molecule has 2 aromatic rings. The van der Waals surface area contributed by atoms with Gasteiger partial charge in [-0.05, 0) is 13.3 Å². The quantitative estimate of drug-likeness (QED) is 0.663. The number of rotatable bonds is 7. The standard InChI is InChI=1S/C12H18N8O/c1-3-4-15-10-17-11(16-8(2)9(13)21)19-12(18-10)20-6-5-14-7-20/h5-8H,3-4H2,1-2H3,(H2,13,21)(H2,15,16,17,18,19). The van der Waals surface area contributed by atoms with E-state index in [0.29, 0.717) is 11.9 Å². The molecule has 0 aliphatic heterocycles. The minimum absolute atomic E-state index is 0.276. The van der Waals surface area contributed by atoms with E-state index in [1.807, 2.05) is 6.92 Å². The van der Waals surface area contributed by atoms with Crippen molar-refractivity contribution < 1.29 is 4.79 Å². The van der Waals surface area contributed by atoms with E-state index < -0.39 is 11.9 Å². The molecule has 0 saturated carbocycles. The molecule has 2 aromatic heterocycles. The molecule has 112 valence electrons. The Morgan fingerprint density at radius 1 is 1.38 bits per heavy atom. The van der Waals surface area contributed by atoms with Gasteiger partial charge < -0.3 is 16.4 Å². The molecular formula is C12H18N8O. The highest BCUT2D eigenvalue weighted by molar-refractivity contribution is 5.81. The molecule has 0 radical (unpaired) electrons. The van der Waals surface area contributed by atoms with Crippen molar-refractivity contribution in [3.05, 3.63) is 18.7 Å². The molecule has 9 nitrogen and oxygen atoms in total. The smallest absolute Gasteiger partial charge is 0.241 e. The van der Waals surface area contributed by atoms with Crippen molar-refractivity contribution in [1.82, 2.24) is 24.5 Å². The Morgan fingerprint density at radius 3 is 2.76 bits per heavy atom. The van der Waals surface area contributed by atoms with E-state index in [2.05, 4.69) is 30.6 Å². The third kappa shape index (κ3) is 3.88. The Balaban J connectivity index is 2.30. The zero-order valence-corrected chi connectivity index (χ0v) is 11.9. The molecule has 4 N–H and O–H groups in total. The van der Waals surface area contributed by atoms with E-state index >= 15 is 0 Å². The van der Waals surface area contributed by atoms with Crippen molar-refractivity contribution in [3.63, 3.8) is 0 Å². The number of carbonyl (C=O) groups is 1. The lowest BCUT2D eigenvalue weighted by Crippen LogP contribution is -2.33. The van der Waals surface area contributed by atoms with Crippen LogP contribution in [0.3, 0.4) is 0 Å². The number of anilines is 2. The minimum atomic E-state index is -0.581. The zero-order chi connectivity index (χ0) is 15.2. The van der Waals surface area contributed by atoms with Gasteiger partial charge in [0.15, 0.2) is 0 Å². The predicted molar refractivity (Wildman–Crippen MR) is 78.0 cm³/mol. The molecule has 0 spiro atoms. The average molecular weight is 290 g/mol. The van der Waals surface area contributed by atoms with Gasteiger partial charge >= 0.3 is 0 Å². The second-order valence-electron chi connectivity index (χ2n) is 4.45. The summed E-state index contributed by atoms with van der Waals surface area (Å²) in [6, 6.07) is -0.581. The molecule has 9 heteroatoms. The number of imidazole rings is 1. The Bertz CT molecular complexity index is 597. The number of nitrogens with one attached hydrogen (secondary N) is 2. The number of hydrogen-bond donors (Lipinski definition) is 3. The molecule has 0 aliphatic rings. The van der Waals surface area contributed by atoms with E-state index in [9.17, 15) is 4.79 Å². The van der Waals surface area contributed by atoms with Crippen molar-refractivity contribution in [2.45, 2.75) is 26.3 Å². The lowest BCUT2D eigenvalue weighted by atomic mass is 10.3. The van der Waals surface area contributed by atoms with E-state index in [1.165, 1.54) is 0 Å². The van der Waals surface area contributed by atoms with E-state index in [0.717, 1.165) is 13.0 Å². The number of nitrogens with zero attached hydrogens (tertiary/aromatic N) is 5. The summed E-state index contributed by atoms with van der Waals surface area (Å²) in [5, 5.41) is 5.94. The molecule has 1 amide bonds. The van der Waals surface area contributed by atoms with Gasteiger partial charge in [0.2, 0.25) is 23.8 Å². The monoisotopic (exact) mass is 290 g/mol. The summed E-state index contributed by atoms with van der Waals surface area (Å²) >= 11 is 0. The van der Waals surface area contributed by atoms with Crippen LogP contribution in [0, 0.1) is 0 Å². The molecule has 1 atom stereocenters. The minimum Gasteiger partial charge on any atom is -0.368 e. The van der Waals surface area contributed by atoms with Crippen LogP contribution in [-0.4, -0.2) is 43.0 Å². The Labute approximate surface area is 122 Å². The molecule has 0 aromatic carbocycles. The number of hydrogen-bond acceptors (Lipinski definition) is 7. The molecule has 0 bridgehead atoms. The van der Waals surface area contributed by atoms with E-state index in [1.54, 1.807) is 30.2 Å². The molecule has 1 unspecified atom stereocenters. The molecular weight excluding hydrogens is 272 g/mol. The van der Waals surface area contributed by atoms with Crippen molar-refractivity contribution in [2.75, 3.05) is 17.2 Å². The summed E-state index contributed by atoms with van der Waals surface area (Å²) in [4.78, 5) is 27.9. The second kappa shape index (κ2) is 6.64. The number of amides is 1. The normalized spacial score (nSPS) is 11.9. The van der Waals surface area contributed by atoms with Crippen LogP contribution in [0.15, 0.2) is 18.7 Å². The largest absolute Gasteiger partial charge is 0.368 e. The molecule has 0 saturated heterocycles. The van der Waals surface area contributed by atoms with Gasteiger partial charge in [0.05, 0.1) is 0 Å². The van der Waals surface area contributed by atoms with Crippen LogP contribution in [0.2, 0.25) is 0 Å². The fraction of sp³-hybridized carbons (Fsp3) is 0.417. The van der Waals surface area contributed by atoms with Gasteiger partial charge in [-0.25, -0.2) is 4.98 Å². The van der Waals surface area contributed by atoms with Crippen LogP contribution in [0.1, 0.15) is 20.3 Å². The molecule has 0 aliphatic carbocycles. The van der Waals surface area contributed by atoms with Crippen LogP contribution in [0.5, 0.6) is 0 Å². The first-order valence-corrected chi connectivity index (χ1v) is 6.64. The third-order valence-electron chi connectivity index (χ3n) is 2.66. The Morgan fingerprint density at radius 2 is 2.14 bits per heavy atom. The van der Waals surface area contributed by atoms with Crippen molar-refractivity contribution in [1.29, 1.82) is 0 Å². The van der Waals surface area contributed by atoms with Gasteiger partial charge in [-0.2, -0.15) is 15.0 Å². The highest BCUT2D eigenvalue weighted by Gasteiger charge is 2.13. The number of primary amides is 1. The highest BCUT2D eigenvalue weighted by Crippen LogP contribution is 2.10. The van der Waals surface area contributed by atoms with E-state index in [-0.39, 0.29) is 5.95 Å². The summed E-state index contributed by atoms with van der Waals surface area (Å²) in [5.41, 5.74) is 5.23. The lowest BCUT2D eigenvalue weighted by molar-refractivity contribution is -0.118. The maximum atomic E-state index is 11.1. The summed E-state index contributed by atoms with van der Waals surface area (Å²) in [7, 11) is 0. The SMILES string of the molecule is CCCNc1nc(NC(C)C(N)=O)nc(-n2ccnc2)n1. The zero-order valence-electron chi connectivity index (χ0n) is 11.9. The Hall–Kier alpha value is -2.71. The number of nitrogens with two attached hydrogens (primary N) is 1. The van der Waals surface area contributed by atoms with Crippen molar-refractivity contribution in [2.24, 2.45) is 5.73 Å². The van der Waals surface area contributed by atoms with Crippen LogP contribution in [0.25, 0.3) is 5.95 Å². The molecule has 2 heterocycles. The first-order chi connectivity index (χ1) is 10.1. The van der Waals surface area contributed by atoms with Crippen LogP contribution in [0.4, 0.5) is 11.9 Å². The second-order valence-corrected chi connectivity index (χ2v) is 4.45. The summed E-state index contributed by atoms with van der Waals surface area (Å²) in [6.45, 7) is 4.42. The summed E-state index contributed by atoms with van der Waals surface area (Å²) < 4.78 is 1.65. The van der Waals surface area contributed by atoms with Gasteiger partial charge in [-0.15, -0.1) is 0 Å². The first-order valence-electron chi connectivity index (χ1n) is 6.64. The van der Waals surface area contributed by atoms with Crippen LogP contribution < -0.4 is 16.4 Å². The van der Waals surface area contributed by atoms with Crippen molar-refractivity contribution >= 4 is 17.8 Å². The fourth-order valence-corrected chi connectivity index (χ4v) is 1.50. The molecule has 0 fully saturated rings. The molecule has 21 heavy (non-hydrogen) atoms. The maximum absolute atomic E-state index is 11.1. The van der Waals surface area contributed by atoms with Gasteiger partial charge in [-0.3, -0.25) is 9.36 Å². The predicted octanol–water partition coefficient (Wildman–Crippen LogP) is 0.165. The third-order valence-corrected chi connectivity index (χ3v) is 2.66. The Kier molecular flexibility index (Phi) is 4.64. The van der Waals surface area contributed by atoms with Gasteiger partial charge in [0.1, 0.15) is 12.4 Å². The first kappa shape index (κ1) is 14.7. The van der Waals surface area contributed by atoms with Crippen LogP contribution >= 0.6 is 0 Å². The maximum Gasteiger partial charge on any atom is 0.241 e. The average Bonchev–Trinajstić information content (AvgIpc) is 2.99. The van der Waals surface area contributed by atoms with Gasteiger partial charge in [0, 0.05) is 18.9 Å². The van der Waals surface area contributed by atoms with Crippen LogP contribution in [-0.2, 0) is 4.79 Å². The van der Waals surface area contributed by atoms with Crippen molar-refractivity contribution in [3.8, 4) is 5.95 Å². The fourth-order valence-electron chi connectivity index (χ4n) is 1.50.